The number of hydrogen-bond donors (Lipinski definition) is 3. The Morgan fingerprint density at radius 3 is 2.17 bits per heavy atom. The van der Waals surface area contributed by atoms with Gasteiger partial charge >= 0.3 is 0 Å². The van der Waals surface area contributed by atoms with Crippen LogP contribution in [0.2, 0.25) is 0 Å². The zero-order valence-corrected chi connectivity index (χ0v) is 14.7. The molecule has 0 heterocycles. The summed E-state index contributed by atoms with van der Waals surface area (Å²) in [6.07, 6.45) is 0.470. The Labute approximate surface area is 144 Å². The van der Waals surface area contributed by atoms with Crippen molar-refractivity contribution in [2.24, 2.45) is 0 Å². The number of benzene rings is 2. The zero-order valence-electron chi connectivity index (χ0n) is 14.0. The Kier molecular flexibility index (Phi) is 7.56. The highest BCUT2D eigenvalue weighted by molar-refractivity contribution is 5.42. The molecule has 4 heteroatoms. The first-order chi connectivity index (χ1) is 10.5. The monoisotopic (exact) mass is 335 g/mol. The predicted molar refractivity (Wildman–Crippen MR) is 88.9 cm³/mol. The minimum Gasteiger partial charge on any atom is -1.00 e. The lowest BCUT2D eigenvalue weighted by Crippen LogP contribution is -3.00. The summed E-state index contributed by atoms with van der Waals surface area (Å²) in [5.74, 6) is 0.317. The Hall–Kier alpha value is -1.55. The van der Waals surface area contributed by atoms with Gasteiger partial charge in [-0.2, -0.15) is 0 Å². The fraction of sp³-hybridized carbons (Fsp3) is 0.368. The van der Waals surface area contributed by atoms with Crippen LogP contribution in [0.1, 0.15) is 35.3 Å². The van der Waals surface area contributed by atoms with E-state index in [1.807, 2.05) is 32.0 Å². The van der Waals surface area contributed by atoms with Crippen molar-refractivity contribution in [1.29, 1.82) is 0 Å². The Bertz CT molecular complexity index is 593. The molecule has 2 aromatic rings. The van der Waals surface area contributed by atoms with Crippen molar-refractivity contribution >= 4 is 0 Å². The van der Waals surface area contributed by atoms with Crippen LogP contribution in [0.25, 0.3) is 0 Å². The van der Waals surface area contributed by atoms with Gasteiger partial charge in [0.15, 0.2) is 0 Å². The summed E-state index contributed by atoms with van der Waals surface area (Å²) in [5.41, 5.74) is 3.81. The smallest absolute Gasteiger partial charge is 0.128 e. The molecule has 4 N–H and O–H groups in total. The van der Waals surface area contributed by atoms with E-state index in [0.717, 1.165) is 23.1 Å². The number of hydrogen-bond acceptors (Lipinski definition) is 2. The highest BCUT2D eigenvalue weighted by Gasteiger charge is 2.15. The van der Waals surface area contributed by atoms with Crippen molar-refractivity contribution in [3.05, 3.63) is 64.7 Å². The summed E-state index contributed by atoms with van der Waals surface area (Å²) >= 11 is 0. The van der Waals surface area contributed by atoms with E-state index in [-0.39, 0.29) is 12.4 Å². The van der Waals surface area contributed by atoms with Crippen LogP contribution in [0.3, 0.4) is 0 Å². The van der Waals surface area contributed by atoms with Gasteiger partial charge in [0.25, 0.3) is 0 Å². The number of phenols is 1. The number of quaternary nitrogens is 1. The van der Waals surface area contributed by atoms with Gasteiger partial charge in [-0.1, -0.05) is 30.3 Å². The molecule has 0 bridgehead atoms. The van der Waals surface area contributed by atoms with Crippen LogP contribution in [-0.2, 0) is 6.42 Å². The number of phenolic OH excluding ortho intramolecular Hbond substituents is 1. The molecule has 2 rings (SSSR count). The van der Waals surface area contributed by atoms with Crippen LogP contribution in [0.15, 0.2) is 42.5 Å². The first-order valence-electron chi connectivity index (χ1n) is 7.82. The van der Waals surface area contributed by atoms with Gasteiger partial charge in [0.05, 0.1) is 6.04 Å². The highest BCUT2D eigenvalue weighted by Crippen LogP contribution is 2.25. The van der Waals surface area contributed by atoms with Crippen LogP contribution >= 0.6 is 0 Å². The van der Waals surface area contributed by atoms with Gasteiger partial charge in [0.1, 0.15) is 18.4 Å². The number of nitrogens with two attached hydrogens (primary N) is 1. The molecule has 23 heavy (non-hydrogen) atoms. The quantitative estimate of drug-likeness (QED) is 0.650. The number of halogens is 1. The van der Waals surface area contributed by atoms with Gasteiger partial charge in [-0.05, 0) is 55.2 Å². The molecule has 0 aliphatic carbocycles. The molecule has 2 atom stereocenters. The van der Waals surface area contributed by atoms with Crippen molar-refractivity contribution in [3.8, 4) is 5.75 Å². The molecular formula is C19H26ClNO2. The Balaban J connectivity index is 0.00000264. The molecule has 0 aliphatic rings. The van der Waals surface area contributed by atoms with Gasteiger partial charge < -0.3 is 27.9 Å². The molecule has 2 aromatic carbocycles. The summed E-state index contributed by atoms with van der Waals surface area (Å²) < 4.78 is 0. The minimum absolute atomic E-state index is 0. The molecule has 0 spiro atoms. The van der Waals surface area contributed by atoms with E-state index < -0.39 is 6.10 Å². The van der Waals surface area contributed by atoms with Gasteiger partial charge in [-0.3, -0.25) is 0 Å². The Morgan fingerprint density at radius 1 is 1.04 bits per heavy atom. The second kappa shape index (κ2) is 8.92. The maximum atomic E-state index is 10.4. The molecule has 0 aromatic heterocycles. The van der Waals surface area contributed by atoms with Gasteiger partial charge in [0.2, 0.25) is 0 Å². The molecule has 0 saturated heterocycles. The molecule has 0 fully saturated rings. The van der Waals surface area contributed by atoms with Gasteiger partial charge in [0, 0.05) is 6.42 Å². The third kappa shape index (κ3) is 5.54. The number of aromatic hydroxyl groups is 1. The number of aryl methyl sites for hydroxylation is 2. The third-order valence-corrected chi connectivity index (χ3v) is 4.06. The highest BCUT2D eigenvalue weighted by atomic mass is 35.5. The fourth-order valence-corrected chi connectivity index (χ4v) is 2.75. The van der Waals surface area contributed by atoms with Crippen LogP contribution in [-0.4, -0.2) is 22.8 Å². The van der Waals surface area contributed by atoms with Crippen molar-refractivity contribution in [2.45, 2.75) is 39.3 Å². The number of aliphatic hydroxyl groups is 1. The van der Waals surface area contributed by atoms with Crippen LogP contribution < -0.4 is 17.7 Å². The van der Waals surface area contributed by atoms with Crippen LogP contribution in [0.5, 0.6) is 5.75 Å². The van der Waals surface area contributed by atoms with E-state index >= 15 is 0 Å². The number of rotatable bonds is 6. The molecule has 126 valence electrons. The van der Waals surface area contributed by atoms with Crippen molar-refractivity contribution in [2.75, 3.05) is 6.54 Å². The maximum absolute atomic E-state index is 10.4. The number of aliphatic hydroxyl groups excluding tert-OH is 1. The molecule has 0 radical (unpaired) electrons. The molecule has 3 nitrogen and oxygen atoms in total. The summed E-state index contributed by atoms with van der Waals surface area (Å²) in [7, 11) is 0. The summed E-state index contributed by atoms with van der Waals surface area (Å²) in [5, 5.41) is 22.3. The van der Waals surface area contributed by atoms with Gasteiger partial charge in [-0.25, -0.2) is 0 Å². The lowest BCUT2D eigenvalue weighted by atomic mass is 10.0. The zero-order chi connectivity index (χ0) is 16.1. The van der Waals surface area contributed by atoms with Crippen molar-refractivity contribution in [3.63, 3.8) is 0 Å². The first kappa shape index (κ1) is 19.5. The average Bonchev–Trinajstić information content (AvgIpc) is 2.50. The molecule has 0 saturated carbocycles. The summed E-state index contributed by atoms with van der Waals surface area (Å²) in [6.45, 7) is 6.52. The predicted octanol–water partition coefficient (Wildman–Crippen LogP) is -0.759. The maximum Gasteiger partial charge on any atom is 0.128 e. The molecule has 2 unspecified atom stereocenters. The second-order valence-electron chi connectivity index (χ2n) is 6.16. The summed E-state index contributed by atoms with van der Waals surface area (Å²) in [4.78, 5) is 0. The fourth-order valence-electron chi connectivity index (χ4n) is 2.75. The lowest BCUT2D eigenvalue weighted by molar-refractivity contribution is -0.692. The third-order valence-electron chi connectivity index (χ3n) is 4.06. The van der Waals surface area contributed by atoms with E-state index in [0.29, 0.717) is 18.3 Å². The molecular weight excluding hydrogens is 310 g/mol. The summed E-state index contributed by atoms with van der Waals surface area (Å²) in [6, 6.07) is 14.5. The van der Waals surface area contributed by atoms with Crippen LogP contribution in [0, 0.1) is 13.8 Å². The van der Waals surface area contributed by atoms with E-state index in [1.54, 1.807) is 0 Å². The molecule has 0 aliphatic heterocycles. The standard InChI is InChI=1S/C19H25NO2.ClH/c1-13-9-17(10-14(2)19(13)22)18(21)12-20-15(3)11-16-7-5-4-6-8-16;/h4-10,15,18,20-22H,11-12H2,1-3H3;1H. The van der Waals surface area contributed by atoms with E-state index in [9.17, 15) is 10.2 Å². The second-order valence-corrected chi connectivity index (χ2v) is 6.16. The normalized spacial score (nSPS) is 13.2. The van der Waals surface area contributed by atoms with E-state index in [1.165, 1.54) is 5.56 Å². The van der Waals surface area contributed by atoms with Crippen molar-refractivity contribution < 1.29 is 27.9 Å². The SMILES string of the molecule is Cc1cc(C(O)C[NH2+]C(C)Cc2ccccc2)cc(C)c1O.[Cl-]. The first-order valence-corrected chi connectivity index (χ1v) is 7.82. The topological polar surface area (TPSA) is 57.1 Å². The van der Waals surface area contributed by atoms with Gasteiger partial charge in [-0.15, -0.1) is 0 Å². The van der Waals surface area contributed by atoms with E-state index in [4.69, 9.17) is 0 Å². The Morgan fingerprint density at radius 2 is 1.61 bits per heavy atom. The lowest BCUT2D eigenvalue weighted by Gasteiger charge is -2.16. The van der Waals surface area contributed by atoms with Crippen LogP contribution in [0.4, 0.5) is 0 Å². The van der Waals surface area contributed by atoms with E-state index in [2.05, 4.69) is 36.5 Å². The average molecular weight is 336 g/mol. The largest absolute Gasteiger partial charge is 1.00 e. The van der Waals surface area contributed by atoms with Crippen molar-refractivity contribution in [1.82, 2.24) is 0 Å². The molecule has 0 amide bonds. The minimum atomic E-state index is -0.517.